The molecule has 4 nitrogen and oxygen atoms in total. The maximum atomic E-state index is 12.2. The minimum absolute atomic E-state index is 0.230. The van der Waals surface area contributed by atoms with Gasteiger partial charge in [-0.3, -0.25) is 0 Å². The predicted octanol–water partition coefficient (Wildman–Crippen LogP) is 15.3. The van der Waals surface area contributed by atoms with Crippen LogP contribution in [0.4, 0.5) is 0 Å². The van der Waals surface area contributed by atoms with Crippen LogP contribution in [-0.2, 0) is 21.7 Å². The van der Waals surface area contributed by atoms with Crippen molar-refractivity contribution in [2.24, 2.45) is 0 Å². The summed E-state index contributed by atoms with van der Waals surface area (Å²) >= 11 is 0. The molecule has 8 rings (SSSR count). The molecule has 0 fully saturated rings. The van der Waals surface area contributed by atoms with Gasteiger partial charge in [-0.05, 0) is 111 Å². The molecule has 0 saturated heterocycles. The van der Waals surface area contributed by atoms with E-state index >= 15 is 0 Å². The van der Waals surface area contributed by atoms with Crippen molar-refractivity contribution in [2.45, 2.75) is 105 Å². The summed E-state index contributed by atoms with van der Waals surface area (Å²) in [4.78, 5) is 0. The van der Waals surface area contributed by atoms with Crippen LogP contribution in [0.3, 0.4) is 0 Å². The summed E-state index contributed by atoms with van der Waals surface area (Å²) in [6.45, 7) is 25.3. The van der Waals surface area contributed by atoms with Crippen molar-refractivity contribution in [3.8, 4) is 67.5 Å². The van der Waals surface area contributed by atoms with E-state index < -0.39 is 0 Å². The van der Waals surface area contributed by atoms with Gasteiger partial charge in [-0.1, -0.05) is 180 Å². The summed E-state index contributed by atoms with van der Waals surface area (Å²) in [5.74, 6) is 0.918. The van der Waals surface area contributed by atoms with Gasteiger partial charge in [-0.2, -0.15) is 0 Å². The van der Waals surface area contributed by atoms with Crippen LogP contribution < -0.4 is 0 Å². The van der Waals surface area contributed by atoms with Gasteiger partial charge in [0.2, 0.25) is 0 Å². The van der Waals surface area contributed by atoms with Crippen molar-refractivity contribution in [3.63, 3.8) is 0 Å². The molecule has 0 aliphatic rings. The van der Waals surface area contributed by atoms with Crippen molar-refractivity contribution >= 4 is 32.3 Å². The van der Waals surface area contributed by atoms with E-state index in [1.165, 1.54) is 0 Å². The van der Waals surface area contributed by atoms with Gasteiger partial charge in [0.15, 0.2) is 0 Å². The Morgan fingerprint density at radius 2 is 0.467 bits per heavy atom. The standard InChI is InChI=1S/C56H58O4/c1-53(2,3)43-21-13-17-35(49(43)57)39-29-40(36-18-14-22-44(50(36)58)54(4,5)6)32-27-28-34-42(38-20-16-24-46(52(38)60)56(10,11)12)30-41(33-26-25-31(39)47(32)48(33)34)37-19-15-23-45(51(37)59)55(7,8)9/h13-30,57-60H,1-12H3. The third kappa shape index (κ3) is 6.52. The Morgan fingerprint density at radius 1 is 0.267 bits per heavy atom. The number of phenolic OH excluding ortho intramolecular Hbond substituents is 4. The van der Waals surface area contributed by atoms with E-state index in [4.69, 9.17) is 0 Å². The summed E-state index contributed by atoms with van der Waals surface area (Å²) in [7, 11) is 0. The first kappa shape index (κ1) is 40.8. The predicted molar refractivity (Wildman–Crippen MR) is 253 cm³/mol. The molecule has 0 unspecified atom stereocenters. The average molecular weight is 795 g/mol. The van der Waals surface area contributed by atoms with Gasteiger partial charge < -0.3 is 20.4 Å². The first-order chi connectivity index (χ1) is 28.0. The van der Waals surface area contributed by atoms with Crippen LogP contribution in [0.15, 0.2) is 109 Å². The summed E-state index contributed by atoms with van der Waals surface area (Å²) in [6.07, 6.45) is 0. The molecule has 0 amide bonds. The number of rotatable bonds is 4. The lowest BCUT2D eigenvalue weighted by Crippen LogP contribution is -2.12. The molecule has 0 heterocycles. The molecule has 0 atom stereocenters. The summed E-state index contributed by atoms with van der Waals surface area (Å²) in [5.41, 5.74) is 8.33. The molecule has 0 saturated carbocycles. The first-order valence-electron chi connectivity index (χ1n) is 21.1. The van der Waals surface area contributed by atoms with Crippen LogP contribution in [0.5, 0.6) is 23.0 Å². The van der Waals surface area contributed by atoms with Crippen LogP contribution in [0.25, 0.3) is 76.8 Å². The molecule has 8 aromatic carbocycles. The van der Waals surface area contributed by atoms with Gasteiger partial charge in [0.1, 0.15) is 23.0 Å². The van der Waals surface area contributed by atoms with Gasteiger partial charge in [-0.15, -0.1) is 0 Å². The normalized spacial score (nSPS) is 12.9. The van der Waals surface area contributed by atoms with E-state index in [0.29, 0.717) is 22.3 Å². The quantitative estimate of drug-likeness (QED) is 0.134. The Labute approximate surface area is 355 Å². The third-order valence-electron chi connectivity index (χ3n) is 12.4. The van der Waals surface area contributed by atoms with Crippen molar-refractivity contribution < 1.29 is 20.4 Å². The highest BCUT2D eigenvalue weighted by Gasteiger charge is 2.29. The average Bonchev–Trinajstić information content (AvgIpc) is 3.15. The Kier molecular flexibility index (Phi) is 9.36. The highest BCUT2D eigenvalue weighted by atomic mass is 16.3. The number of benzene rings is 8. The number of hydrogen-bond donors (Lipinski definition) is 4. The van der Waals surface area contributed by atoms with Crippen molar-refractivity contribution in [1.82, 2.24) is 0 Å². The molecule has 4 heteroatoms. The zero-order chi connectivity index (χ0) is 43.4. The van der Waals surface area contributed by atoms with Gasteiger partial charge in [-0.25, -0.2) is 0 Å². The number of aromatic hydroxyl groups is 4. The molecular formula is C56H58O4. The molecule has 4 N–H and O–H groups in total. The van der Waals surface area contributed by atoms with E-state index in [2.05, 4.69) is 119 Å². The van der Waals surface area contributed by atoms with Gasteiger partial charge in [0.05, 0.1) is 0 Å². The second-order valence-electron chi connectivity index (χ2n) is 20.8. The number of hydrogen-bond acceptors (Lipinski definition) is 4. The molecular weight excluding hydrogens is 737 g/mol. The van der Waals surface area contributed by atoms with E-state index in [9.17, 15) is 20.4 Å². The molecule has 0 spiro atoms. The topological polar surface area (TPSA) is 80.9 Å². The molecule has 0 bridgehead atoms. The second kappa shape index (κ2) is 13.8. The first-order valence-corrected chi connectivity index (χ1v) is 21.1. The maximum Gasteiger partial charge on any atom is 0.127 e. The molecule has 60 heavy (non-hydrogen) atoms. The fourth-order valence-electron chi connectivity index (χ4n) is 9.35. The fraction of sp³-hybridized carbons (Fsp3) is 0.286. The fourth-order valence-corrected chi connectivity index (χ4v) is 9.35. The minimum atomic E-state index is -0.316. The molecule has 0 aliphatic heterocycles. The van der Waals surface area contributed by atoms with Crippen LogP contribution in [-0.4, -0.2) is 20.4 Å². The Balaban J connectivity index is 1.62. The van der Waals surface area contributed by atoms with Crippen LogP contribution in [0.1, 0.15) is 105 Å². The summed E-state index contributed by atoms with van der Waals surface area (Å²) in [5, 5.41) is 54.4. The van der Waals surface area contributed by atoms with Crippen molar-refractivity contribution in [1.29, 1.82) is 0 Å². The smallest absolute Gasteiger partial charge is 0.127 e. The minimum Gasteiger partial charge on any atom is -0.507 e. The number of para-hydroxylation sites is 4. The molecule has 8 aromatic rings. The third-order valence-corrected chi connectivity index (χ3v) is 12.4. The van der Waals surface area contributed by atoms with Crippen LogP contribution in [0.2, 0.25) is 0 Å². The van der Waals surface area contributed by atoms with Gasteiger partial charge in [0.25, 0.3) is 0 Å². The molecule has 306 valence electrons. The zero-order valence-electron chi connectivity index (χ0n) is 37.2. The van der Waals surface area contributed by atoms with Crippen LogP contribution in [0, 0.1) is 0 Å². The van der Waals surface area contributed by atoms with Crippen molar-refractivity contribution in [2.75, 3.05) is 0 Å². The maximum absolute atomic E-state index is 12.2. The SMILES string of the molecule is CC(C)(C)c1cccc(-c2cc(-c3cccc(C(C)(C)C)c3O)c3ccc4c(-c5cccc(C(C)(C)C)c5O)cc(-c5cccc(C(C)(C)C)c5O)c5ccc2c3c54)c1O. The Bertz CT molecular complexity index is 2590. The molecule has 0 radical (unpaired) electrons. The Hall–Kier alpha value is -6.00. The number of phenols is 4. The second-order valence-corrected chi connectivity index (χ2v) is 20.8. The summed E-state index contributed by atoms with van der Waals surface area (Å²) in [6, 6.07) is 36.8. The molecule has 0 aromatic heterocycles. The van der Waals surface area contributed by atoms with Gasteiger partial charge in [0, 0.05) is 22.3 Å². The van der Waals surface area contributed by atoms with E-state index in [1.807, 2.05) is 72.8 Å². The van der Waals surface area contributed by atoms with E-state index in [1.54, 1.807) is 0 Å². The van der Waals surface area contributed by atoms with Gasteiger partial charge >= 0.3 is 0 Å². The highest BCUT2D eigenvalue weighted by molar-refractivity contribution is 6.32. The Morgan fingerprint density at radius 3 is 0.650 bits per heavy atom. The lowest BCUT2D eigenvalue weighted by molar-refractivity contribution is 0.448. The zero-order valence-corrected chi connectivity index (χ0v) is 37.2. The lowest BCUT2D eigenvalue weighted by Gasteiger charge is -2.26. The monoisotopic (exact) mass is 794 g/mol. The summed E-state index contributed by atoms with van der Waals surface area (Å²) < 4.78 is 0. The highest BCUT2D eigenvalue weighted by Crippen LogP contribution is 2.54. The van der Waals surface area contributed by atoms with E-state index in [-0.39, 0.29) is 44.7 Å². The lowest BCUT2D eigenvalue weighted by atomic mass is 9.78. The van der Waals surface area contributed by atoms with E-state index in [0.717, 1.165) is 76.8 Å². The molecule has 0 aliphatic carbocycles. The van der Waals surface area contributed by atoms with Crippen molar-refractivity contribution in [3.05, 3.63) is 131 Å². The largest absolute Gasteiger partial charge is 0.507 e. The van der Waals surface area contributed by atoms with Crippen LogP contribution >= 0.6 is 0 Å².